The van der Waals surface area contributed by atoms with Crippen molar-refractivity contribution in [3.8, 4) is 0 Å². The fraction of sp³-hybridized carbons (Fsp3) is 0.400. The summed E-state index contributed by atoms with van der Waals surface area (Å²) in [6.07, 6.45) is 3.28. The number of likely N-dealkylation sites (tertiary alicyclic amines) is 1. The maximum absolute atomic E-state index is 11.1. The molecule has 3 rings (SSSR count). The first-order chi connectivity index (χ1) is 12.2. The Balaban J connectivity index is 1.42. The van der Waals surface area contributed by atoms with Crippen LogP contribution in [-0.2, 0) is 13.0 Å². The van der Waals surface area contributed by atoms with Crippen molar-refractivity contribution < 1.29 is 4.92 Å². The molecule has 0 saturated carbocycles. The van der Waals surface area contributed by atoms with Crippen molar-refractivity contribution in [1.82, 2.24) is 10.2 Å². The highest BCUT2D eigenvalue weighted by atomic mass is 16.6. The minimum atomic E-state index is -0.302. The van der Waals surface area contributed by atoms with E-state index in [0.717, 1.165) is 44.5 Å². The number of para-hydroxylation sites is 1. The van der Waals surface area contributed by atoms with Crippen LogP contribution in [0.5, 0.6) is 0 Å². The molecule has 5 heteroatoms. The number of nitrogens with one attached hydrogen (secondary N) is 1. The second kappa shape index (κ2) is 8.74. The molecule has 1 fully saturated rings. The Morgan fingerprint density at radius 1 is 1.04 bits per heavy atom. The predicted octanol–water partition coefficient (Wildman–Crippen LogP) is 3.39. The molecular weight excluding hydrogens is 314 g/mol. The van der Waals surface area contributed by atoms with E-state index in [0.29, 0.717) is 12.6 Å². The van der Waals surface area contributed by atoms with Gasteiger partial charge in [-0.1, -0.05) is 48.5 Å². The van der Waals surface area contributed by atoms with Gasteiger partial charge in [-0.25, -0.2) is 0 Å². The lowest BCUT2D eigenvalue weighted by atomic mass is 10.0. The van der Waals surface area contributed by atoms with E-state index in [-0.39, 0.29) is 10.6 Å². The van der Waals surface area contributed by atoms with Gasteiger partial charge in [-0.3, -0.25) is 10.1 Å². The van der Waals surface area contributed by atoms with Crippen molar-refractivity contribution in [1.29, 1.82) is 0 Å². The van der Waals surface area contributed by atoms with Crippen molar-refractivity contribution in [3.63, 3.8) is 0 Å². The second-order valence-corrected chi connectivity index (χ2v) is 6.62. The Bertz CT molecular complexity index is 682. The van der Waals surface area contributed by atoms with Crippen molar-refractivity contribution in [2.45, 2.75) is 31.8 Å². The zero-order chi connectivity index (χ0) is 17.5. The van der Waals surface area contributed by atoms with E-state index in [2.05, 4.69) is 40.5 Å². The molecule has 1 N–H and O–H groups in total. The molecule has 25 heavy (non-hydrogen) atoms. The SMILES string of the molecule is O=[N+]([O-])c1ccccc1CNC1CCN(CCc2ccccc2)CC1. The molecule has 5 nitrogen and oxygen atoms in total. The van der Waals surface area contributed by atoms with Gasteiger partial charge >= 0.3 is 0 Å². The largest absolute Gasteiger partial charge is 0.310 e. The number of rotatable bonds is 7. The predicted molar refractivity (Wildman–Crippen MR) is 99.5 cm³/mol. The lowest BCUT2D eigenvalue weighted by molar-refractivity contribution is -0.385. The first-order valence-corrected chi connectivity index (χ1v) is 8.94. The molecule has 0 aliphatic carbocycles. The quantitative estimate of drug-likeness (QED) is 0.620. The highest BCUT2D eigenvalue weighted by Gasteiger charge is 2.20. The Kier molecular flexibility index (Phi) is 6.14. The zero-order valence-corrected chi connectivity index (χ0v) is 14.4. The van der Waals surface area contributed by atoms with Crippen LogP contribution < -0.4 is 5.32 Å². The van der Waals surface area contributed by atoms with Gasteiger partial charge in [0.25, 0.3) is 5.69 Å². The number of nitro groups is 1. The molecule has 0 amide bonds. The molecule has 1 aliphatic heterocycles. The van der Waals surface area contributed by atoms with E-state index in [1.165, 1.54) is 5.56 Å². The first kappa shape index (κ1) is 17.6. The van der Waals surface area contributed by atoms with Crippen molar-refractivity contribution in [3.05, 3.63) is 75.8 Å². The lowest BCUT2D eigenvalue weighted by Gasteiger charge is -2.32. The summed E-state index contributed by atoms with van der Waals surface area (Å²) in [5, 5.41) is 14.6. The maximum atomic E-state index is 11.1. The van der Waals surface area contributed by atoms with Crippen LogP contribution >= 0.6 is 0 Å². The summed E-state index contributed by atoms with van der Waals surface area (Å²) in [6, 6.07) is 18.0. The van der Waals surface area contributed by atoms with E-state index in [1.807, 2.05) is 12.1 Å². The summed E-state index contributed by atoms with van der Waals surface area (Å²) in [4.78, 5) is 13.3. The van der Waals surface area contributed by atoms with E-state index < -0.39 is 0 Å². The Hall–Kier alpha value is -2.24. The van der Waals surface area contributed by atoms with Gasteiger partial charge in [-0.2, -0.15) is 0 Å². The molecule has 0 atom stereocenters. The Morgan fingerprint density at radius 3 is 2.44 bits per heavy atom. The summed E-state index contributed by atoms with van der Waals surface area (Å²) in [6.45, 7) is 3.83. The van der Waals surface area contributed by atoms with Crippen LogP contribution in [0, 0.1) is 10.1 Å². The fourth-order valence-electron chi connectivity index (χ4n) is 3.39. The fourth-order valence-corrected chi connectivity index (χ4v) is 3.39. The smallest absolute Gasteiger partial charge is 0.273 e. The van der Waals surface area contributed by atoms with Crippen LogP contribution in [0.15, 0.2) is 54.6 Å². The van der Waals surface area contributed by atoms with Gasteiger partial charge in [-0.15, -0.1) is 0 Å². The Morgan fingerprint density at radius 2 is 1.72 bits per heavy atom. The summed E-state index contributed by atoms with van der Waals surface area (Å²) in [5.41, 5.74) is 2.36. The average Bonchev–Trinajstić information content (AvgIpc) is 2.66. The number of hydrogen-bond acceptors (Lipinski definition) is 4. The van der Waals surface area contributed by atoms with E-state index >= 15 is 0 Å². The minimum absolute atomic E-state index is 0.204. The van der Waals surface area contributed by atoms with Gasteiger partial charge < -0.3 is 10.2 Å². The van der Waals surface area contributed by atoms with Crippen LogP contribution in [0.1, 0.15) is 24.0 Å². The third-order valence-corrected chi connectivity index (χ3v) is 4.92. The van der Waals surface area contributed by atoms with Gasteiger partial charge in [0.2, 0.25) is 0 Å². The number of nitrogens with zero attached hydrogens (tertiary/aromatic N) is 2. The van der Waals surface area contributed by atoms with Crippen molar-refractivity contribution in [2.75, 3.05) is 19.6 Å². The molecule has 0 aromatic heterocycles. The molecule has 1 saturated heterocycles. The molecule has 1 aliphatic rings. The third-order valence-electron chi connectivity index (χ3n) is 4.92. The normalized spacial score (nSPS) is 16.0. The van der Waals surface area contributed by atoms with Crippen molar-refractivity contribution in [2.24, 2.45) is 0 Å². The first-order valence-electron chi connectivity index (χ1n) is 8.94. The van der Waals surface area contributed by atoms with Gasteiger partial charge in [0.1, 0.15) is 0 Å². The van der Waals surface area contributed by atoms with Crippen molar-refractivity contribution >= 4 is 5.69 Å². The summed E-state index contributed by atoms with van der Waals surface area (Å²) < 4.78 is 0. The van der Waals surface area contributed by atoms with Crippen LogP contribution in [-0.4, -0.2) is 35.5 Å². The summed E-state index contributed by atoms with van der Waals surface area (Å²) >= 11 is 0. The molecule has 2 aromatic rings. The van der Waals surface area contributed by atoms with Crippen LogP contribution in [0.2, 0.25) is 0 Å². The molecule has 0 spiro atoms. The highest BCUT2D eigenvalue weighted by molar-refractivity contribution is 5.39. The maximum Gasteiger partial charge on any atom is 0.273 e. The highest BCUT2D eigenvalue weighted by Crippen LogP contribution is 2.18. The minimum Gasteiger partial charge on any atom is -0.310 e. The van der Waals surface area contributed by atoms with Gasteiger partial charge in [0.15, 0.2) is 0 Å². The zero-order valence-electron chi connectivity index (χ0n) is 14.4. The van der Waals surface area contributed by atoms with E-state index in [9.17, 15) is 10.1 Å². The number of benzene rings is 2. The van der Waals surface area contributed by atoms with Crippen LogP contribution in [0.3, 0.4) is 0 Å². The number of hydrogen-bond donors (Lipinski definition) is 1. The molecule has 1 heterocycles. The van der Waals surface area contributed by atoms with Crippen LogP contribution in [0.4, 0.5) is 5.69 Å². The third kappa shape index (κ3) is 5.11. The molecule has 132 valence electrons. The number of piperidine rings is 1. The summed E-state index contributed by atoms with van der Waals surface area (Å²) in [5.74, 6) is 0. The van der Waals surface area contributed by atoms with Crippen LogP contribution in [0.25, 0.3) is 0 Å². The van der Waals surface area contributed by atoms with Gasteiger partial charge in [-0.05, 0) is 37.9 Å². The topological polar surface area (TPSA) is 58.4 Å². The average molecular weight is 339 g/mol. The standard InChI is InChI=1S/C20H25N3O2/c24-23(25)20-9-5-4-8-18(20)16-21-19-11-14-22(15-12-19)13-10-17-6-2-1-3-7-17/h1-9,19,21H,10-16H2. The van der Waals surface area contributed by atoms with E-state index in [1.54, 1.807) is 12.1 Å². The Labute approximate surface area is 148 Å². The molecule has 2 aromatic carbocycles. The molecule has 0 radical (unpaired) electrons. The number of nitro benzene ring substituents is 1. The van der Waals surface area contributed by atoms with E-state index in [4.69, 9.17) is 0 Å². The summed E-state index contributed by atoms with van der Waals surface area (Å²) in [7, 11) is 0. The molecule has 0 bridgehead atoms. The lowest BCUT2D eigenvalue weighted by Crippen LogP contribution is -2.42. The van der Waals surface area contributed by atoms with Gasteiger partial charge in [0, 0.05) is 30.8 Å². The second-order valence-electron chi connectivity index (χ2n) is 6.62. The monoisotopic (exact) mass is 339 g/mol. The molecular formula is C20H25N3O2. The van der Waals surface area contributed by atoms with Gasteiger partial charge in [0.05, 0.1) is 4.92 Å². The molecule has 0 unspecified atom stereocenters.